The average Bonchev–Trinajstić information content (AvgIpc) is 2.68. The topological polar surface area (TPSA) is 35.5 Å². The molecule has 0 saturated carbocycles. The van der Waals surface area contributed by atoms with Crippen molar-refractivity contribution in [3.63, 3.8) is 0 Å². The zero-order chi connectivity index (χ0) is 11.3. The van der Waals surface area contributed by atoms with Crippen LogP contribution in [0, 0.1) is 0 Å². The Morgan fingerprint density at radius 2 is 2.00 bits per heavy atom. The van der Waals surface area contributed by atoms with Gasteiger partial charge in [0.2, 0.25) is 0 Å². The highest BCUT2D eigenvalue weighted by molar-refractivity contribution is 4.78. The summed E-state index contributed by atoms with van der Waals surface area (Å²) in [5, 5.41) is 13.3. The molecule has 15 heavy (non-hydrogen) atoms. The maximum absolute atomic E-state index is 9.86. The van der Waals surface area contributed by atoms with Gasteiger partial charge in [-0.1, -0.05) is 6.92 Å². The van der Waals surface area contributed by atoms with Crippen LogP contribution in [0.2, 0.25) is 0 Å². The Morgan fingerprint density at radius 3 is 2.53 bits per heavy atom. The number of hydrogen-bond donors (Lipinski definition) is 2. The number of rotatable bonds is 6. The quantitative estimate of drug-likeness (QED) is 0.698. The van der Waals surface area contributed by atoms with Crippen molar-refractivity contribution in [3.05, 3.63) is 0 Å². The lowest BCUT2D eigenvalue weighted by Gasteiger charge is -2.26. The molecular formula is C12H26N2O. The molecule has 2 N–H and O–H groups in total. The average molecular weight is 214 g/mol. The van der Waals surface area contributed by atoms with E-state index in [4.69, 9.17) is 0 Å². The fraction of sp³-hybridized carbons (Fsp3) is 1.00. The summed E-state index contributed by atoms with van der Waals surface area (Å²) in [4.78, 5) is 2.50. The van der Waals surface area contributed by atoms with Crippen LogP contribution in [0.4, 0.5) is 0 Å². The third-order valence-electron chi connectivity index (χ3n) is 3.32. The molecule has 3 heteroatoms. The molecular weight excluding hydrogens is 188 g/mol. The van der Waals surface area contributed by atoms with E-state index < -0.39 is 5.60 Å². The van der Waals surface area contributed by atoms with Gasteiger partial charge < -0.3 is 15.3 Å². The van der Waals surface area contributed by atoms with E-state index in [-0.39, 0.29) is 0 Å². The van der Waals surface area contributed by atoms with Crippen molar-refractivity contribution in [2.75, 3.05) is 26.2 Å². The van der Waals surface area contributed by atoms with Crippen LogP contribution in [0.3, 0.4) is 0 Å². The largest absolute Gasteiger partial charge is 0.389 e. The van der Waals surface area contributed by atoms with E-state index in [1.165, 1.54) is 25.9 Å². The van der Waals surface area contributed by atoms with Crippen LogP contribution in [0.1, 0.15) is 40.0 Å². The lowest BCUT2D eigenvalue weighted by Crippen LogP contribution is -2.45. The first kappa shape index (κ1) is 12.9. The molecule has 3 nitrogen and oxygen atoms in total. The highest BCUT2D eigenvalue weighted by atomic mass is 16.3. The van der Waals surface area contributed by atoms with Crippen LogP contribution in [0.15, 0.2) is 0 Å². The Balaban J connectivity index is 2.15. The molecule has 0 amide bonds. The second-order valence-electron chi connectivity index (χ2n) is 5.14. The van der Waals surface area contributed by atoms with Crippen molar-refractivity contribution in [1.82, 2.24) is 10.2 Å². The SMILES string of the molecule is CCC(C)(O)CNC(C)CN1CCCC1. The molecule has 0 radical (unpaired) electrons. The third-order valence-corrected chi connectivity index (χ3v) is 3.32. The van der Waals surface area contributed by atoms with E-state index in [0.29, 0.717) is 12.6 Å². The van der Waals surface area contributed by atoms with Crippen molar-refractivity contribution in [2.24, 2.45) is 0 Å². The van der Waals surface area contributed by atoms with Crippen LogP contribution in [-0.4, -0.2) is 47.8 Å². The van der Waals surface area contributed by atoms with Crippen LogP contribution in [0.5, 0.6) is 0 Å². The van der Waals surface area contributed by atoms with Gasteiger partial charge in [0.25, 0.3) is 0 Å². The Kier molecular flexibility index (Phi) is 5.03. The summed E-state index contributed by atoms with van der Waals surface area (Å²) in [5.41, 5.74) is -0.556. The van der Waals surface area contributed by atoms with Crippen LogP contribution < -0.4 is 5.32 Å². The minimum Gasteiger partial charge on any atom is -0.389 e. The molecule has 0 spiro atoms. The van der Waals surface area contributed by atoms with E-state index in [1.807, 2.05) is 13.8 Å². The standard InChI is InChI=1S/C12H26N2O/c1-4-12(3,15)10-13-11(2)9-14-7-5-6-8-14/h11,13,15H,4-10H2,1-3H3. The van der Waals surface area contributed by atoms with E-state index in [1.54, 1.807) is 0 Å². The highest BCUT2D eigenvalue weighted by Crippen LogP contribution is 2.09. The first-order valence-corrected chi connectivity index (χ1v) is 6.21. The monoisotopic (exact) mass is 214 g/mol. The molecule has 1 fully saturated rings. The molecule has 1 aliphatic rings. The molecule has 0 aromatic heterocycles. The second kappa shape index (κ2) is 5.83. The first-order valence-electron chi connectivity index (χ1n) is 6.21. The van der Waals surface area contributed by atoms with Crippen molar-refractivity contribution in [3.8, 4) is 0 Å². The molecule has 1 saturated heterocycles. The fourth-order valence-corrected chi connectivity index (χ4v) is 1.94. The van der Waals surface area contributed by atoms with E-state index in [0.717, 1.165) is 13.0 Å². The number of likely N-dealkylation sites (tertiary alicyclic amines) is 1. The molecule has 2 atom stereocenters. The van der Waals surface area contributed by atoms with Gasteiger partial charge in [0, 0.05) is 19.1 Å². The van der Waals surface area contributed by atoms with Crippen LogP contribution in [-0.2, 0) is 0 Å². The highest BCUT2D eigenvalue weighted by Gasteiger charge is 2.19. The molecule has 0 aromatic carbocycles. The molecule has 1 rings (SSSR count). The molecule has 0 bridgehead atoms. The minimum absolute atomic E-state index is 0.473. The summed E-state index contributed by atoms with van der Waals surface area (Å²) in [5.74, 6) is 0. The first-order chi connectivity index (χ1) is 7.03. The Hall–Kier alpha value is -0.120. The van der Waals surface area contributed by atoms with Gasteiger partial charge >= 0.3 is 0 Å². The number of nitrogens with one attached hydrogen (secondary N) is 1. The second-order valence-corrected chi connectivity index (χ2v) is 5.14. The van der Waals surface area contributed by atoms with Gasteiger partial charge in [-0.2, -0.15) is 0 Å². The normalized spacial score (nSPS) is 24.0. The van der Waals surface area contributed by atoms with Gasteiger partial charge in [0.15, 0.2) is 0 Å². The lowest BCUT2D eigenvalue weighted by molar-refractivity contribution is 0.0522. The fourth-order valence-electron chi connectivity index (χ4n) is 1.94. The molecule has 1 aliphatic heterocycles. The molecule has 0 aliphatic carbocycles. The molecule has 90 valence electrons. The van der Waals surface area contributed by atoms with Gasteiger partial charge in [0.1, 0.15) is 0 Å². The summed E-state index contributed by atoms with van der Waals surface area (Å²) in [6.07, 6.45) is 3.50. The Labute approximate surface area is 93.9 Å². The van der Waals surface area contributed by atoms with Gasteiger partial charge in [-0.15, -0.1) is 0 Å². The number of nitrogens with zero attached hydrogens (tertiary/aromatic N) is 1. The van der Waals surface area contributed by atoms with E-state index in [2.05, 4.69) is 17.1 Å². The third kappa shape index (κ3) is 4.96. The summed E-state index contributed by atoms with van der Waals surface area (Å²) >= 11 is 0. The molecule has 2 unspecified atom stereocenters. The van der Waals surface area contributed by atoms with Crippen molar-refractivity contribution in [1.29, 1.82) is 0 Å². The van der Waals surface area contributed by atoms with Crippen molar-refractivity contribution < 1.29 is 5.11 Å². The minimum atomic E-state index is -0.556. The van der Waals surface area contributed by atoms with E-state index in [9.17, 15) is 5.11 Å². The summed E-state index contributed by atoms with van der Waals surface area (Å²) < 4.78 is 0. The maximum atomic E-state index is 9.86. The van der Waals surface area contributed by atoms with Gasteiger partial charge in [-0.05, 0) is 46.2 Å². The van der Waals surface area contributed by atoms with Gasteiger partial charge in [-0.25, -0.2) is 0 Å². The smallest absolute Gasteiger partial charge is 0.0741 e. The maximum Gasteiger partial charge on any atom is 0.0741 e. The molecule has 0 aromatic rings. The number of hydrogen-bond acceptors (Lipinski definition) is 3. The lowest BCUT2D eigenvalue weighted by atomic mass is 10.0. The number of aliphatic hydroxyl groups is 1. The summed E-state index contributed by atoms with van der Waals surface area (Å²) in [6, 6.07) is 0.473. The molecule has 1 heterocycles. The van der Waals surface area contributed by atoms with E-state index >= 15 is 0 Å². The Morgan fingerprint density at radius 1 is 1.40 bits per heavy atom. The van der Waals surface area contributed by atoms with Crippen LogP contribution in [0.25, 0.3) is 0 Å². The van der Waals surface area contributed by atoms with Crippen molar-refractivity contribution in [2.45, 2.75) is 51.7 Å². The zero-order valence-corrected chi connectivity index (χ0v) is 10.4. The van der Waals surface area contributed by atoms with Crippen LogP contribution >= 0.6 is 0 Å². The predicted octanol–water partition coefficient (Wildman–Crippen LogP) is 1.22. The zero-order valence-electron chi connectivity index (χ0n) is 10.4. The van der Waals surface area contributed by atoms with Gasteiger partial charge in [0.05, 0.1) is 5.60 Å². The van der Waals surface area contributed by atoms with Gasteiger partial charge in [-0.3, -0.25) is 0 Å². The Bertz CT molecular complexity index is 176. The summed E-state index contributed by atoms with van der Waals surface area (Å²) in [6.45, 7) is 10.4. The predicted molar refractivity (Wildman–Crippen MR) is 64.1 cm³/mol. The summed E-state index contributed by atoms with van der Waals surface area (Å²) in [7, 11) is 0. The van der Waals surface area contributed by atoms with Crippen molar-refractivity contribution >= 4 is 0 Å².